The van der Waals surface area contributed by atoms with Gasteiger partial charge in [0.1, 0.15) is 0 Å². The number of hydrogen-bond acceptors (Lipinski definition) is 4. The maximum Gasteiger partial charge on any atom is 0.317 e. The number of likely N-dealkylation sites (tertiary alicyclic amines) is 1. The van der Waals surface area contributed by atoms with Crippen LogP contribution in [0.5, 0.6) is 0 Å². The molecular weight excluding hydrogens is 328 g/mol. The smallest absolute Gasteiger partial charge is 0.317 e. The van der Waals surface area contributed by atoms with Crippen LogP contribution in [0.25, 0.3) is 0 Å². The summed E-state index contributed by atoms with van der Waals surface area (Å²) in [5.41, 5.74) is 3.23. The summed E-state index contributed by atoms with van der Waals surface area (Å²) < 4.78 is 6.00. The van der Waals surface area contributed by atoms with E-state index in [-0.39, 0.29) is 12.1 Å². The van der Waals surface area contributed by atoms with Crippen LogP contribution in [0, 0.1) is 13.8 Å². The lowest BCUT2D eigenvalue weighted by Gasteiger charge is -2.31. The van der Waals surface area contributed by atoms with E-state index in [1.54, 1.807) is 0 Å². The Morgan fingerprint density at radius 1 is 1.23 bits per heavy atom. The molecular formula is C20H32N4O2. The lowest BCUT2D eigenvalue weighted by Crippen LogP contribution is -2.46. The Kier molecular flexibility index (Phi) is 6.86. The number of ether oxygens (including phenoxy) is 1. The topological polar surface area (TPSA) is 57.7 Å². The third kappa shape index (κ3) is 5.42. The molecule has 26 heavy (non-hydrogen) atoms. The number of piperidine rings is 1. The standard InChI is InChI=1S/C20H32N4O2/c1-16-11-18(12-21-17(16)2)13-22-20(25)24-9-6-10-26-19(15-24)14-23-7-4-3-5-8-23/h11-12,19H,3-10,13-15H2,1-2H3,(H,22,25)/t19-/m0/s1. The van der Waals surface area contributed by atoms with Crippen molar-refractivity contribution in [2.24, 2.45) is 0 Å². The Morgan fingerprint density at radius 3 is 2.81 bits per heavy atom. The Morgan fingerprint density at radius 2 is 2.04 bits per heavy atom. The number of aryl methyl sites for hydroxylation is 2. The highest BCUT2D eigenvalue weighted by atomic mass is 16.5. The largest absolute Gasteiger partial charge is 0.375 e. The molecule has 2 aliphatic rings. The molecule has 0 spiro atoms. The number of nitrogens with one attached hydrogen (secondary N) is 1. The summed E-state index contributed by atoms with van der Waals surface area (Å²) in [6, 6.07) is 2.09. The second-order valence-electron chi connectivity index (χ2n) is 7.56. The van der Waals surface area contributed by atoms with Crippen LogP contribution >= 0.6 is 0 Å². The molecule has 1 N–H and O–H groups in total. The van der Waals surface area contributed by atoms with Crippen molar-refractivity contribution in [1.82, 2.24) is 20.1 Å². The van der Waals surface area contributed by atoms with Crippen LogP contribution in [-0.4, -0.2) is 66.2 Å². The van der Waals surface area contributed by atoms with Crippen LogP contribution in [0.3, 0.4) is 0 Å². The molecule has 6 heteroatoms. The van der Waals surface area contributed by atoms with Crippen LogP contribution in [-0.2, 0) is 11.3 Å². The van der Waals surface area contributed by atoms with Crippen molar-refractivity contribution >= 4 is 6.03 Å². The van der Waals surface area contributed by atoms with Crippen molar-refractivity contribution in [3.63, 3.8) is 0 Å². The normalized spacial score (nSPS) is 22.1. The molecule has 2 fully saturated rings. The van der Waals surface area contributed by atoms with E-state index in [0.29, 0.717) is 13.1 Å². The number of hydrogen-bond donors (Lipinski definition) is 1. The highest BCUT2D eigenvalue weighted by Gasteiger charge is 2.24. The zero-order valence-corrected chi connectivity index (χ0v) is 16.2. The molecule has 1 aromatic heterocycles. The molecule has 3 rings (SSSR count). The molecule has 6 nitrogen and oxygen atoms in total. The number of aromatic nitrogens is 1. The van der Waals surface area contributed by atoms with E-state index < -0.39 is 0 Å². The molecule has 144 valence electrons. The van der Waals surface area contributed by atoms with Gasteiger partial charge in [-0.1, -0.05) is 12.5 Å². The molecule has 0 radical (unpaired) electrons. The van der Waals surface area contributed by atoms with Gasteiger partial charge in [-0.15, -0.1) is 0 Å². The maximum atomic E-state index is 12.6. The molecule has 0 saturated carbocycles. The molecule has 0 aliphatic carbocycles. The van der Waals surface area contributed by atoms with E-state index in [9.17, 15) is 4.79 Å². The van der Waals surface area contributed by atoms with Crippen LogP contribution in [0.1, 0.15) is 42.5 Å². The van der Waals surface area contributed by atoms with E-state index in [1.165, 1.54) is 19.3 Å². The minimum Gasteiger partial charge on any atom is -0.375 e. The number of nitrogens with zero attached hydrogens (tertiary/aromatic N) is 3. The first-order chi connectivity index (χ1) is 12.6. The van der Waals surface area contributed by atoms with Crippen molar-refractivity contribution in [3.8, 4) is 0 Å². The minimum absolute atomic E-state index is 0.00243. The van der Waals surface area contributed by atoms with Gasteiger partial charge in [-0.2, -0.15) is 0 Å². The quantitative estimate of drug-likeness (QED) is 0.896. The van der Waals surface area contributed by atoms with Gasteiger partial charge in [0, 0.05) is 44.7 Å². The highest BCUT2D eigenvalue weighted by Crippen LogP contribution is 2.13. The summed E-state index contributed by atoms with van der Waals surface area (Å²) in [4.78, 5) is 21.4. The summed E-state index contributed by atoms with van der Waals surface area (Å²) >= 11 is 0. The van der Waals surface area contributed by atoms with Crippen molar-refractivity contribution in [2.45, 2.75) is 52.2 Å². The van der Waals surface area contributed by atoms with Gasteiger partial charge in [0.05, 0.1) is 6.10 Å². The first-order valence-electron chi connectivity index (χ1n) is 9.90. The summed E-state index contributed by atoms with van der Waals surface area (Å²) in [5.74, 6) is 0. The molecule has 0 unspecified atom stereocenters. The SMILES string of the molecule is Cc1cc(CNC(=O)N2CCCO[C@@H](CN3CCCCC3)C2)cnc1C. The zero-order chi connectivity index (χ0) is 18.4. The Bertz CT molecular complexity index is 601. The fraction of sp³-hybridized carbons (Fsp3) is 0.700. The average molecular weight is 361 g/mol. The second kappa shape index (κ2) is 9.33. The Labute approximate surface area is 156 Å². The molecule has 0 aromatic carbocycles. The van der Waals surface area contributed by atoms with Crippen molar-refractivity contribution < 1.29 is 9.53 Å². The van der Waals surface area contributed by atoms with E-state index in [4.69, 9.17) is 4.74 Å². The molecule has 0 bridgehead atoms. The van der Waals surface area contributed by atoms with Crippen molar-refractivity contribution in [2.75, 3.05) is 39.3 Å². The van der Waals surface area contributed by atoms with Crippen molar-refractivity contribution in [1.29, 1.82) is 0 Å². The monoisotopic (exact) mass is 360 g/mol. The van der Waals surface area contributed by atoms with Gasteiger partial charge in [-0.25, -0.2) is 4.79 Å². The summed E-state index contributed by atoms with van der Waals surface area (Å²) in [6.45, 7) is 9.98. The van der Waals surface area contributed by atoms with Crippen LogP contribution in [0.4, 0.5) is 4.79 Å². The molecule has 3 heterocycles. The van der Waals surface area contributed by atoms with E-state index in [2.05, 4.69) is 21.3 Å². The van der Waals surface area contributed by atoms with Crippen LogP contribution in [0.15, 0.2) is 12.3 Å². The van der Waals surface area contributed by atoms with Gasteiger partial charge < -0.3 is 19.9 Å². The number of carbonyl (C=O) groups is 1. The summed E-state index contributed by atoms with van der Waals surface area (Å²) in [5, 5.41) is 3.05. The van der Waals surface area contributed by atoms with E-state index in [0.717, 1.165) is 56.0 Å². The number of amides is 2. The Hall–Kier alpha value is -1.66. The van der Waals surface area contributed by atoms with E-state index in [1.807, 2.05) is 24.9 Å². The number of carbonyl (C=O) groups excluding carboxylic acids is 1. The molecule has 2 aliphatic heterocycles. The Balaban J connectivity index is 1.50. The molecule has 2 amide bonds. The number of pyridine rings is 1. The first-order valence-corrected chi connectivity index (χ1v) is 9.90. The summed E-state index contributed by atoms with van der Waals surface area (Å²) in [6.07, 6.45) is 6.75. The second-order valence-corrected chi connectivity index (χ2v) is 7.56. The molecule has 1 aromatic rings. The third-order valence-electron chi connectivity index (χ3n) is 5.39. The number of rotatable bonds is 4. The third-order valence-corrected chi connectivity index (χ3v) is 5.39. The van der Waals surface area contributed by atoms with Gasteiger partial charge in [-0.3, -0.25) is 4.98 Å². The average Bonchev–Trinajstić information content (AvgIpc) is 2.89. The predicted octanol–water partition coefficient (Wildman–Crippen LogP) is 2.48. The lowest BCUT2D eigenvalue weighted by atomic mass is 10.1. The maximum absolute atomic E-state index is 12.6. The van der Waals surface area contributed by atoms with Gasteiger partial charge in [0.15, 0.2) is 0 Å². The lowest BCUT2D eigenvalue weighted by molar-refractivity contribution is 0.0256. The zero-order valence-electron chi connectivity index (χ0n) is 16.2. The fourth-order valence-corrected chi connectivity index (χ4v) is 3.71. The minimum atomic E-state index is -0.00243. The fourth-order valence-electron chi connectivity index (χ4n) is 3.71. The van der Waals surface area contributed by atoms with Gasteiger partial charge in [-0.05, 0) is 57.3 Å². The number of urea groups is 1. The predicted molar refractivity (Wildman–Crippen MR) is 102 cm³/mol. The van der Waals surface area contributed by atoms with Crippen LogP contribution in [0.2, 0.25) is 0 Å². The van der Waals surface area contributed by atoms with Crippen molar-refractivity contribution in [3.05, 3.63) is 29.1 Å². The first kappa shape index (κ1) is 19.1. The highest BCUT2D eigenvalue weighted by molar-refractivity contribution is 5.74. The van der Waals surface area contributed by atoms with Crippen LogP contribution < -0.4 is 5.32 Å². The molecule has 1 atom stereocenters. The summed E-state index contributed by atoms with van der Waals surface area (Å²) in [7, 11) is 0. The van der Waals surface area contributed by atoms with Gasteiger partial charge in [0.25, 0.3) is 0 Å². The van der Waals surface area contributed by atoms with Gasteiger partial charge >= 0.3 is 6.03 Å². The van der Waals surface area contributed by atoms with Gasteiger partial charge in [0.2, 0.25) is 0 Å². The van der Waals surface area contributed by atoms with E-state index >= 15 is 0 Å². The molecule has 2 saturated heterocycles.